The number of nitrogens with one attached hydrogen (secondary N) is 1. The largest absolute Gasteiger partial charge is 0.338 e. The van der Waals surface area contributed by atoms with Gasteiger partial charge in [0.05, 0.1) is 17.0 Å². The molecule has 0 unspecified atom stereocenters. The maximum absolute atomic E-state index is 12.8. The molecule has 0 aliphatic carbocycles. The second-order valence-electron chi connectivity index (χ2n) is 7.63. The van der Waals surface area contributed by atoms with Gasteiger partial charge in [-0.25, -0.2) is 13.1 Å². The summed E-state index contributed by atoms with van der Waals surface area (Å²) in [5, 5.41) is 5.36. The Bertz CT molecular complexity index is 1240. The van der Waals surface area contributed by atoms with Crippen LogP contribution in [0.4, 0.5) is 0 Å². The summed E-state index contributed by atoms with van der Waals surface area (Å²) in [5.74, 6) is 4.79. The Morgan fingerprint density at radius 3 is 2.68 bits per heavy atom. The quantitative estimate of drug-likeness (QED) is 0.337. The number of rotatable bonds is 7. The molecular weight excluding hydrogens is 412 g/mol. The lowest BCUT2D eigenvalue weighted by Crippen LogP contribution is -2.34. The number of fused-ring (bicyclic) bond motifs is 1. The van der Waals surface area contributed by atoms with E-state index in [0.29, 0.717) is 19.5 Å². The maximum atomic E-state index is 12.8. The summed E-state index contributed by atoms with van der Waals surface area (Å²) in [7, 11) is -3.70. The van der Waals surface area contributed by atoms with Crippen LogP contribution in [0.1, 0.15) is 17.5 Å². The van der Waals surface area contributed by atoms with Crippen LogP contribution in [-0.4, -0.2) is 38.5 Å². The van der Waals surface area contributed by atoms with Crippen molar-refractivity contribution in [2.75, 3.05) is 13.1 Å². The summed E-state index contributed by atoms with van der Waals surface area (Å²) >= 11 is 0. The maximum Gasteiger partial charge on any atom is 0.240 e. The van der Waals surface area contributed by atoms with Gasteiger partial charge < -0.3 is 10.7 Å². The molecule has 160 valence electrons. The fraction of sp³-hybridized carbons (Fsp3) is 0.217. The number of hydrazone groups is 1. The highest BCUT2D eigenvalue weighted by Crippen LogP contribution is 2.22. The summed E-state index contributed by atoms with van der Waals surface area (Å²) in [6.07, 6.45) is 2.17. The first-order valence-corrected chi connectivity index (χ1v) is 11.5. The Morgan fingerprint density at radius 1 is 1.06 bits per heavy atom. The standard InChI is InChI=1S/C23H24N4O3S/c24-25-14-17-4-3-5-18(12-17)16-27-11-10-21(23(27)28)15-26-31(29,30)22-9-8-19-6-1-2-7-20(19)13-22/h1-9,12-14,21,26H,10-11,15-16,24H2/t21-/m0/s1. The monoisotopic (exact) mass is 436 g/mol. The van der Waals surface area contributed by atoms with Crippen LogP contribution < -0.4 is 10.6 Å². The van der Waals surface area contributed by atoms with Crippen molar-refractivity contribution in [2.45, 2.75) is 17.9 Å². The van der Waals surface area contributed by atoms with Crippen LogP contribution in [-0.2, 0) is 21.4 Å². The molecule has 3 N–H and O–H groups in total. The van der Waals surface area contributed by atoms with E-state index in [4.69, 9.17) is 5.84 Å². The first kappa shape index (κ1) is 21.0. The molecule has 0 bridgehead atoms. The highest BCUT2D eigenvalue weighted by molar-refractivity contribution is 7.89. The van der Waals surface area contributed by atoms with E-state index in [-0.39, 0.29) is 23.3 Å². The third kappa shape index (κ3) is 4.76. The van der Waals surface area contributed by atoms with E-state index < -0.39 is 10.0 Å². The van der Waals surface area contributed by atoms with Crippen molar-refractivity contribution in [1.82, 2.24) is 9.62 Å². The summed E-state index contributed by atoms with van der Waals surface area (Å²) in [5.41, 5.74) is 1.84. The Labute approximate surface area is 181 Å². The van der Waals surface area contributed by atoms with E-state index in [9.17, 15) is 13.2 Å². The lowest BCUT2D eigenvalue weighted by molar-refractivity contribution is -0.131. The summed E-state index contributed by atoms with van der Waals surface area (Å²) in [6, 6.07) is 20.3. The molecule has 0 saturated carbocycles. The van der Waals surface area contributed by atoms with E-state index >= 15 is 0 Å². The molecule has 1 aliphatic heterocycles. The van der Waals surface area contributed by atoms with Crippen molar-refractivity contribution in [3.63, 3.8) is 0 Å². The van der Waals surface area contributed by atoms with Gasteiger partial charge in [0.1, 0.15) is 0 Å². The van der Waals surface area contributed by atoms with Gasteiger partial charge in [0.2, 0.25) is 15.9 Å². The predicted molar refractivity (Wildman–Crippen MR) is 121 cm³/mol. The van der Waals surface area contributed by atoms with E-state index in [2.05, 4.69) is 9.82 Å². The summed E-state index contributed by atoms with van der Waals surface area (Å²) in [4.78, 5) is 14.8. The minimum Gasteiger partial charge on any atom is -0.338 e. The van der Waals surface area contributed by atoms with E-state index in [0.717, 1.165) is 21.9 Å². The second kappa shape index (κ2) is 8.87. The van der Waals surface area contributed by atoms with Crippen molar-refractivity contribution < 1.29 is 13.2 Å². The van der Waals surface area contributed by atoms with Gasteiger partial charge in [0.25, 0.3) is 0 Å². The van der Waals surface area contributed by atoms with Gasteiger partial charge in [-0.2, -0.15) is 5.10 Å². The van der Waals surface area contributed by atoms with Crippen molar-refractivity contribution >= 4 is 32.9 Å². The molecule has 4 rings (SSSR count). The summed E-state index contributed by atoms with van der Waals surface area (Å²) < 4.78 is 28.1. The molecule has 1 aliphatic rings. The fourth-order valence-electron chi connectivity index (χ4n) is 3.86. The first-order valence-electron chi connectivity index (χ1n) is 10.1. The smallest absolute Gasteiger partial charge is 0.240 e. The zero-order chi connectivity index (χ0) is 21.8. The molecule has 1 heterocycles. The number of likely N-dealkylation sites (tertiary alicyclic amines) is 1. The predicted octanol–water partition coefficient (Wildman–Crippen LogP) is 2.46. The minimum atomic E-state index is -3.70. The average molecular weight is 437 g/mol. The molecule has 1 amide bonds. The van der Waals surface area contributed by atoms with Crippen molar-refractivity contribution in [2.24, 2.45) is 16.9 Å². The van der Waals surface area contributed by atoms with Gasteiger partial charge in [0, 0.05) is 19.6 Å². The molecule has 3 aromatic carbocycles. The number of sulfonamides is 1. The second-order valence-corrected chi connectivity index (χ2v) is 9.40. The fourth-order valence-corrected chi connectivity index (χ4v) is 4.97. The number of carbonyl (C=O) groups is 1. The van der Waals surface area contributed by atoms with Crippen LogP contribution in [0.2, 0.25) is 0 Å². The van der Waals surface area contributed by atoms with Gasteiger partial charge in [-0.05, 0) is 46.5 Å². The van der Waals surface area contributed by atoms with Crippen LogP contribution in [0.3, 0.4) is 0 Å². The third-order valence-electron chi connectivity index (χ3n) is 5.51. The SMILES string of the molecule is NN=Cc1cccc(CN2CC[C@@H](CNS(=O)(=O)c3ccc4ccccc4c3)C2=O)c1. The van der Waals surface area contributed by atoms with Crippen LogP contribution in [0, 0.1) is 5.92 Å². The Balaban J connectivity index is 1.39. The van der Waals surface area contributed by atoms with E-state index in [1.54, 1.807) is 29.3 Å². The number of nitrogens with two attached hydrogens (primary N) is 1. The van der Waals surface area contributed by atoms with Crippen molar-refractivity contribution in [1.29, 1.82) is 0 Å². The minimum absolute atomic E-state index is 0.0425. The zero-order valence-corrected chi connectivity index (χ0v) is 17.8. The third-order valence-corrected chi connectivity index (χ3v) is 6.93. The van der Waals surface area contributed by atoms with Gasteiger partial charge in [-0.1, -0.05) is 48.5 Å². The van der Waals surface area contributed by atoms with Gasteiger partial charge >= 0.3 is 0 Å². The van der Waals surface area contributed by atoms with Crippen LogP contribution in [0.5, 0.6) is 0 Å². The Kier molecular flexibility index (Phi) is 6.01. The van der Waals surface area contributed by atoms with E-state index in [1.807, 2.05) is 48.5 Å². The summed E-state index contributed by atoms with van der Waals surface area (Å²) in [6.45, 7) is 1.15. The number of amides is 1. The molecule has 1 fully saturated rings. The molecule has 0 aromatic heterocycles. The van der Waals surface area contributed by atoms with Crippen LogP contribution in [0.25, 0.3) is 10.8 Å². The number of hydrogen-bond acceptors (Lipinski definition) is 5. The Morgan fingerprint density at radius 2 is 1.87 bits per heavy atom. The topological polar surface area (TPSA) is 105 Å². The highest BCUT2D eigenvalue weighted by atomic mass is 32.2. The number of nitrogens with zero attached hydrogens (tertiary/aromatic N) is 2. The molecule has 1 atom stereocenters. The molecule has 31 heavy (non-hydrogen) atoms. The van der Waals surface area contributed by atoms with Crippen molar-refractivity contribution in [3.05, 3.63) is 77.9 Å². The first-order chi connectivity index (χ1) is 15.0. The molecule has 3 aromatic rings. The number of benzene rings is 3. The molecular formula is C23H24N4O3S. The Hall–Kier alpha value is -3.23. The van der Waals surface area contributed by atoms with Gasteiger partial charge in [-0.3, -0.25) is 4.79 Å². The van der Waals surface area contributed by atoms with Crippen LogP contribution >= 0.6 is 0 Å². The van der Waals surface area contributed by atoms with Gasteiger partial charge in [-0.15, -0.1) is 0 Å². The van der Waals surface area contributed by atoms with Gasteiger partial charge in [0.15, 0.2) is 0 Å². The molecule has 8 heteroatoms. The molecule has 0 radical (unpaired) electrons. The van der Waals surface area contributed by atoms with E-state index in [1.165, 1.54) is 0 Å². The number of hydrogen-bond donors (Lipinski definition) is 2. The normalized spacial score (nSPS) is 17.1. The molecule has 0 spiro atoms. The molecule has 1 saturated heterocycles. The number of carbonyl (C=O) groups excluding carboxylic acids is 1. The molecule has 7 nitrogen and oxygen atoms in total. The lowest BCUT2D eigenvalue weighted by atomic mass is 10.1. The van der Waals surface area contributed by atoms with Crippen molar-refractivity contribution in [3.8, 4) is 0 Å². The average Bonchev–Trinajstić information content (AvgIpc) is 3.12. The zero-order valence-electron chi connectivity index (χ0n) is 16.9. The van der Waals surface area contributed by atoms with Crippen LogP contribution in [0.15, 0.2) is 76.7 Å². The highest BCUT2D eigenvalue weighted by Gasteiger charge is 2.32. The lowest BCUT2D eigenvalue weighted by Gasteiger charge is -2.17.